The summed E-state index contributed by atoms with van der Waals surface area (Å²) in [5.74, 6) is 0.713. The van der Waals surface area contributed by atoms with Crippen molar-refractivity contribution >= 4 is 5.78 Å². The molecule has 1 aliphatic carbocycles. The Morgan fingerprint density at radius 3 is 3.00 bits per heavy atom. The van der Waals surface area contributed by atoms with E-state index >= 15 is 0 Å². The summed E-state index contributed by atoms with van der Waals surface area (Å²) in [5, 5.41) is 9.47. The first-order valence-electron chi connectivity index (χ1n) is 4.50. The number of Topliss-reactive ketones (excluding diaryl/α,β-unsaturated/α-hetero) is 1. The van der Waals surface area contributed by atoms with Crippen LogP contribution in [0.25, 0.3) is 0 Å². The molecule has 1 fully saturated rings. The van der Waals surface area contributed by atoms with Crippen molar-refractivity contribution < 1.29 is 14.3 Å². The monoisotopic (exact) mass is 180 g/mol. The van der Waals surface area contributed by atoms with E-state index in [2.05, 4.69) is 0 Å². The number of aliphatic hydroxyl groups excluding tert-OH is 1. The first-order valence-corrected chi connectivity index (χ1v) is 4.50. The molecule has 1 aliphatic rings. The van der Waals surface area contributed by atoms with Crippen LogP contribution in [-0.4, -0.2) is 17.0 Å². The maximum atomic E-state index is 11.4. The van der Waals surface area contributed by atoms with Crippen LogP contribution in [0.2, 0.25) is 0 Å². The average molecular weight is 180 g/mol. The van der Waals surface area contributed by atoms with Gasteiger partial charge in [-0.3, -0.25) is 4.79 Å². The maximum Gasteiger partial charge on any atom is 0.169 e. The molecule has 0 spiro atoms. The molecule has 1 atom stereocenters. The van der Waals surface area contributed by atoms with Gasteiger partial charge in [0.15, 0.2) is 5.78 Å². The quantitative estimate of drug-likeness (QED) is 0.756. The standard InChI is InChI=1S/C10H12O3/c11-9(10(12)7-3-4-7)6-8-2-1-5-13-8/h1-2,5,7,10,12H,3-4,6H2. The molecule has 1 saturated carbocycles. The summed E-state index contributed by atoms with van der Waals surface area (Å²) in [4.78, 5) is 11.4. The van der Waals surface area contributed by atoms with Crippen molar-refractivity contribution in [1.82, 2.24) is 0 Å². The molecule has 0 aromatic carbocycles. The number of hydrogen-bond donors (Lipinski definition) is 1. The Balaban J connectivity index is 1.90. The van der Waals surface area contributed by atoms with E-state index < -0.39 is 6.10 Å². The smallest absolute Gasteiger partial charge is 0.169 e. The molecule has 3 heteroatoms. The Morgan fingerprint density at radius 1 is 1.69 bits per heavy atom. The number of aliphatic hydroxyl groups is 1. The minimum atomic E-state index is -0.773. The molecule has 70 valence electrons. The van der Waals surface area contributed by atoms with Crippen molar-refractivity contribution in [3.8, 4) is 0 Å². The topological polar surface area (TPSA) is 50.4 Å². The molecule has 0 amide bonds. The van der Waals surface area contributed by atoms with Crippen LogP contribution in [0.3, 0.4) is 0 Å². The minimum absolute atomic E-state index is 0.127. The van der Waals surface area contributed by atoms with E-state index in [0.29, 0.717) is 5.76 Å². The van der Waals surface area contributed by atoms with Crippen LogP contribution < -0.4 is 0 Å². The minimum Gasteiger partial charge on any atom is -0.469 e. The predicted octanol–water partition coefficient (Wildman–Crippen LogP) is 1.16. The molecular formula is C10H12O3. The second-order valence-electron chi connectivity index (χ2n) is 3.50. The van der Waals surface area contributed by atoms with Gasteiger partial charge in [-0.1, -0.05) is 0 Å². The number of carbonyl (C=O) groups is 1. The number of rotatable bonds is 4. The van der Waals surface area contributed by atoms with Crippen LogP contribution >= 0.6 is 0 Å². The zero-order valence-electron chi connectivity index (χ0n) is 7.27. The van der Waals surface area contributed by atoms with E-state index in [4.69, 9.17) is 4.42 Å². The fourth-order valence-corrected chi connectivity index (χ4v) is 1.36. The summed E-state index contributed by atoms with van der Waals surface area (Å²) >= 11 is 0. The van der Waals surface area contributed by atoms with Crippen molar-refractivity contribution in [2.24, 2.45) is 5.92 Å². The van der Waals surface area contributed by atoms with Gasteiger partial charge in [0.25, 0.3) is 0 Å². The molecule has 1 aromatic heterocycles. The fraction of sp³-hybridized carbons (Fsp3) is 0.500. The highest BCUT2D eigenvalue weighted by Gasteiger charge is 2.34. The summed E-state index contributed by atoms with van der Waals surface area (Å²) in [5.41, 5.74) is 0. The van der Waals surface area contributed by atoms with E-state index in [1.807, 2.05) is 0 Å². The van der Waals surface area contributed by atoms with Gasteiger partial charge in [0.2, 0.25) is 0 Å². The lowest BCUT2D eigenvalue weighted by molar-refractivity contribution is -0.127. The Bertz CT molecular complexity index is 285. The highest BCUT2D eigenvalue weighted by atomic mass is 16.3. The summed E-state index contributed by atoms with van der Waals surface area (Å²) in [6.07, 6.45) is 2.93. The summed E-state index contributed by atoms with van der Waals surface area (Å²) in [6.45, 7) is 0. The number of carbonyl (C=O) groups excluding carboxylic acids is 1. The molecule has 1 unspecified atom stereocenters. The van der Waals surface area contributed by atoms with E-state index in [1.165, 1.54) is 6.26 Å². The van der Waals surface area contributed by atoms with E-state index in [-0.39, 0.29) is 18.1 Å². The Hall–Kier alpha value is -1.09. The molecular weight excluding hydrogens is 168 g/mol. The second-order valence-corrected chi connectivity index (χ2v) is 3.50. The summed E-state index contributed by atoms with van der Waals surface area (Å²) in [6, 6.07) is 3.49. The lowest BCUT2D eigenvalue weighted by Crippen LogP contribution is -2.24. The zero-order valence-corrected chi connectivity index (χ0v) is 7.27. The maximum absolute atomic E-state index is 11.4. The normalized spacial score (nSPS) is 18.5. The van der Waals surface area contributed by atoms with Gasteiger partial charge >= 0.3 is 0 Å². The largest absolute Gasteiger partial charge is 0.469 e. The second kappa shape index (κ2) is 3.34. The van der Waals surface area contributed by atoms with Gasteiger partial charge in [-0.2, -0.15) is 0 Å². The molecule has 1 N–H and O–H groups in total. The molecule has 0 bridgehead atoms. The molecule has 13 heavy (non-hydrogen) atoms. The average Bonchev–Trinajstić information content (AvgIpc) is 2.85. The Kier molecular flexibility index (Phi) is 2.19. The highest BCUT2D eigenvalue weighted by Crippen LogP contribution is 2.33. The van der Waals surface area contributed by atoms with Crippen LogP contribution in [0.4, 0.5) is 0 Å². The van der Waals surface area contributed by atoms with Crippen molar-refractivity contribution in [3.63, 3.8) is 0 Å². The fourth-order valence-electron chi connectivity index (χ4n) is 1.36. The third kappa shape index (κ3) is 1.98. The highest BCUT2D eigenvalue weighted by molar-refractivity contribution is 5.85. The molecule has 0 aliphatic heterocycles. The summed E-state index contributed by atoms with van der Waals surface area (Å²) in [7, 11) is 0. The Morgan fingerprint density at radius 2 is 2.46 bits per heavy atom. The van der Waals surface area contributed by atoms with Crippen molar-refractivity contribution in [2.75, 3.05) is 0 Å². The van der Waals surface area contributed by atoms with E-state index in [9.17, 15) is 9.90 Å². The van der Waals surface area contributed by atoms with Crippen molar-refractivity contribution in [2.45, 2.75) is 25.4 Å². The van der Waals surface area contributed by atoms with Gasteiger partial charge in [-0.25, -0.2) is 0 Å². The van der Waals surface area contributed by atoms with Crippen molar-refractivity contribution in [1.29, 1.82) is 0 Å². The zero-order chi connectivity index (χ0) is 9.26. The van der Waals surface area contributed by atoms with Gasteiger partial charge in [-0.05, 0) is 30.9 Å². The number of furan rings is 1. The first kappa shape index (κ1) is 8.51. The van der Waals surface area contributed by atoms with Gasteiger partial charge in [0.1, 0.15) is 11.9 Å². The van der Waals surface area contributed by atoms with Gasteiger partial charge < -0.3 is 9.52 Å². The van der Waals surface area contributed by atoms with E-state index in [1.54, 1.807) is 12.1 Å². The lowest BCUT2D eigenvalue weighted by atomic mass is 10.1. The molecule has 1 aromatic rings. The van der Waals surface area contributed by atoms with Gasteiger partial charge in [0.05, 0.1) is 12.7 Å². The summed E-state index contributed by atoms with van der Waals surface area (Å²) < 4.78 is 5.02. The van der Waals surface area contributed by atoms with Crippen LogP contribution in [0.1, 0.15) is 18.6 Å². The molecule has 0 saturated heterocycles. The van der Waals surface area contributed by atoms with Crippen LogP contribution in [0.5, 0.6) is 0 Å². The van der Waals surface area contributed by atoms with Gasteiger partial charge in [-0.15, -0.1) is 0 Å². The van der Waals surface area contributed by atoms with Crippen LogP contribution in [0.15, 0.2) is 22.8 Å². The van der Waals surface area contributed by atoms with Crippen molar-refractivity contribution in [3.05, 3.63) is 24.2 Å². The third-order valence-electron chi connectivity index (χ3n) is 2.33. The van der Waals surface area contributed by atoms with Crippen LogP contribution in [-0.2, 0) is 11.2 Å². The molecule has 0 radical (unpaired) electrons. The molecule has 3 nitrogen and oxygen atoms in total. The molecule has 2 rings (SSSR count). The van der Waals surface area contributed by atoms with Crippen LogP contribution in [0, 0.1) is 5.92 Å². The lowest BCUT2D eigenvalue weighted by Gasteiger charge is -2.05. The number of ketones is 1. The first-order chi connectivity index (χ1) is 6.27. The third-order valence-corrected chi connectivity index (χ3v) is 2.33. The Labute approximate surface area is 76.4 Å². The predicted molar refractivity (Wildman–Crippen MR) is 46.1 cm³/mol. The molecule has 1 heterocycles. The van der Waals surface area contributed by atoms with E-state index in [0.717, 1.165) is 12.8 Å². The SMILES string of the molecule is O=C(Cc1ccco1)C(O)C1CC1. The van der Waals surface area contributed by atoms with Gasteiger partial charge in [0, 0.05) is 0 Å². The number of hydrogen-bond acceptors (Lipinski definition) is 3.